The highest BCUT2D eigenvalue weighted by atomic mass is 35.5. The number of halogens is 1. The van der Waals surface area contributed by atoms with Crippen molar-refractivity contribution in [3.8, 4) is 0 Å². The van der Waals surface area contributed by atoms with E-state index in [1.54, 1.807) is 4.90 Å². The van der Waals surface area contributed by atoms with Gasteiger partial charge in [-0.05, 0) is 36.5 Å². The Morgan fingerprint density at radius 2 is 1.94 bits per heavy atom. The molecule has 7 heteroatoms. The molecule has 1 aromatic heterocycles. The molecule has 0 saturated carbocycles. The maximum absolute atomic E-state index is 5.84. The maximum Gasteiger partial charge on any atom is 0.230 e. The van der Waals surface area contributed by atoms with E-state index in [1.807, 2.05) is 25.9 Å². The number of nitrogens with one attached hydrogen (secondary N) is 1. The molecule has 0 aliphatic heterocycles. The summed E-state index contributed by atoms with van der Waals surface area (Å²) in [7, 11) is 3.75. The van der Waals surface area contributed by atoms with Gasteiger partial charge in [-0.15, -0.1) is 0 Å². The van der Waals surface area contributed by atoms with Crippen LogP contribution in [0.4, 0.5) is 11.9 Å². The minimum absolute atomic E-state index is 0.221. The van der Waals surface area contributed by atoms with Crippen LogP contribution in [0.15, 0.2) is 0 Å². The first-order valence-corrected chi connectivity index (χ1v) is 7.72. The average Bonchev–Trinajstić information content (AvgIpc) is 2.33. The zero-order chi connectivity index (χ0) is 13.4. The predicted octanol–water partition coefficient (Wildman–Crippen LogP) is 2.54. The zero-order valence-corrected chi connectivity index (χ0v) is 12.7. The van der Waals surface area contributed by atoms with E-state index in [9.17, 15) is 0 Å². The van der Waals surface area contributed by atoms with E-state index in [1.165, 1.54) is 18.6 Å². The summed E-state index contributed by atoms with van der Waals surface area (Å²) in [5.74, 6) is 2.34. The van der Waals surface area contributed by atoms with Crippen molar-refractivity contribution in [1.29, 1.82) is 0 Å². The second-order valence-electron chi connectivity index (χ2n) is 4.10. The van der Waals surface area contributed by atoms with E-state index in [0.29, 0.717) is 11.9 Å². The van der Waals surface area contributed by atoms with Crippen LogP contribution in [0.5, 0.6) is 0 Å². The fourth-order valence-electron chi connectivity index (χ4n) is 1.37. The van der Waals surface area contributed by atoms with Crippen molar-refractivity contribution in [3.63, 3.8) is 0 Å². The quantitative estimate of drug-likeness (QED) is 0.742. The topological polar surface area (TPSA) is 53.9 Å². The van der Waals surface area contributed by atoms with E-state index in [0.717, 1.165) is 13.0 Å². The smallest absolute Gasteiger partial charge is 0.230 e. The van der Waals surface area contributed by atoms with Gasteiger partial charge in [0.25, 0.3) is 0 Å². The summed E-state index contributed by atoms with van der Waals surface area (Å²) < 4.78 is 0. The first kappa shape index (κ1) is 15.3. The van der Waals surface area contributed by atoms with E-state index < -0.39 is 0 Å². The highest BCUT2D eigenvalue weighted by Crippen LogP contribution is 2.11. The molecule has 0 radical (unpaired) electrons. The van der Waals surface area contributed by atoms with Crippen LogP contribution in [-0.2, 0) is 0 Å². The van der Waals surface area contributed by atoms with Gasteiger partial charge in [0, 0.05) is 20.6 Å². The Morgan fingerprint density at radius 3 is 2.61 bits per heavy atom. The van der Waals surface area contributed by atoms with Gasteiger partial charge in [0.2, 0.25) is 17.2 Å². The molecule has 0 spiro atoms. The third-order valence-corrected chi connectivity index (χ3v) is 3.17. The van der Waals surface area contributed by atoms with Crippen LogP contribution >= 0.6 is 23.4 Å². The van der Waals surface area contributed by atoms with Gasteiger partial charge in [-0.3, -0.25) is 0 Å². The second kappa shape index (κ2) is 8.37. The highest BCUT2D eigenvalue weighted by molar-refractivity contribution is 7.98. The first-order chi connectivity index (χ1) is 8.63. The number of unbranched alkanes of at least 4 members (excludes halogenated alkanes) is 2. The lowest BCUT2D eigenvalue weighted by molar-refractivity contribution is 0.745. The molecular weight excluding hydrogens is 270 g/mol. The first-order valence-electron chi connectivity index (χ1n) is 5.95. The number of hydrogen-bond acceptors (Lipinski definition) is 6. The fourth-order valence-corrected chi connectivity index (χ4v) is 2.02. The summed E-state index contributed by atoms with van der Waals surface area (Å²) in [6.45, 7) is 0.863. The number of anilines is 2. The largest absolute Gasteiger partial charge is 0.354 e. The Balaban J connectivity index is 2.37. The van der Waals surface area contributed by atoms with Crippen molar-refractivity contribution in [2.75, 3.05) is 42.9 Å². The Kier molecular flexibility index (Phi) is 7.12. The molecule has 0 saturated heterocycles. The molecule has 0 fully saturated rings. The van der Waals surface area contributed by atoms with Gasteiger partial charge in [0.05, 0.1) is 0 Å². The molecule has 18 heavy (non-hydrogen) atoms. The van der Waals surface area contributed by atoms with Gasteiger partial charge in [0.15, 0.2) is 0 Å². The van der Waals surface area contributed by atoms with Crippen LogP contribution in [-0.4, -0.2) is 47.6 Å². The van der Waals surface area contributed by atoms with Gasteiger partial charge < -0.3 is 10.2 Å². The van der Waals surface area contributed by atoms with Crippen LogP contribution < -0.4 is 10.2 Å². The van der Waals surface area contributed by atoms with Crippen molar-refractivity contribution in [3.05, 3.63) is 5.28 Å². The number of thioether (sulfide) groups is 1. The molecule has 0 aliphatic rings. The minimum Gasteiger partial charge on any atom is -0.354 e. The Bertz CT molecular complexity index is 361. The molecule has 5 nitrogen and oxygen atoms in total. The predicted molar refractivity (Wildman–Crippen MR) is 79.9 cm³/mol. The van der Waals surface area contributed by atoms with E-state index in [-0.39, 0.29) is 5.28 Å². The molecule has 0 aromatic carbocycles. The molecule has 1 heterocycles. The molecule has 102 valence electrons. The summed E-state index contributed by atoms with van der Waals surface area (Å²) in [6, 6.07) is 0. The Hall–Kier alpha value is -0.750. The van der Waals surface area contributed by atoms with Crippen LogP contribution in [0.2, 0.25) is 5.28 Å². The van der Waals surface area contributed by atoms with Gasteiger partial charge in [-0.25, -0.2) is 0 Å². The molecule has 0 aliphatic carbocycles. The SMILES string of the molecule is CSCCCCCNc1nc(Cl)nc(N(C)C)n1. The summed E-state index contributed by atoms with van der Waals surface area (Å²) >= 11 is 7.73. The maximum atomic E-state index is 5.84. The lowest BCUT2D eigenvalue weighted by atomic mass is 10.2. The average molecular weight is 290 g/mol. The molecule has 1 N–H and O–H groups in total. The summed E-state index contributed by atoms with van der Waals surface area (Å²) in [6.07, 6.45) is 5.71. The van der Waals surface area contributed by atoms with E-state index in [4.69, 9.17) is 11.6 Å². The molecule has 0 atom stereocenters. The lowest BCUT2D eigenvalue weighted by Gasteiger charge is -2.11. The normalized spacial score (nSPS) is 10.4. The molecule has 0 unspecified atom stereocenters. The second-order valence-corrected chi connectivity index (χ2v) is 5.43. The zero-order valence-electron chi connectivity index (χ0n) is 11.1. The van der Waals surface area contributed by atoms with Gasteiger partial charge >= 0.3 is 0 Å². The molecular formula is C11H20ClN5S. The molecule has 1 rings (SSSR count). The van der Waals surface area contributed by atoms with Crippen LogP contribution in [0, 0.1) is 0 Å². The number of hydrogen-bond donors (Lipinski definition) is 1. The molecule has 1 aromatic rings. The third-order valence-electron chi connectivity index (χ3n) is 2.30. The monoisotopic (exact) mass is 289 g/mol. The summed E-state index contributed by atoms with van der Waals surface area (Å²) in [4.78, 5) is 14.2. The van der Waals surface area contributed by atoms with E-state index >= 15 is 0 Å². The van der Waals surface area contributed by atoms with Gasteiger partial charge in [0.1, 0.15) is 0 Å². The summed E-state index contributed by atoms with van der Waals surface area (Å²) in [5, 5.41) is 3.40. The lowest BCUT2D eigenvalue weighted by Crippen LogP contribution is -2.15. The van der Waals surface area contributed by atoms with Crippen molar-refractivity contribution < 1.29 is 0 Å². The standard InChI is InChI=1S/C11H20ClN5S/c1-17(2)11-15-9(12)14-10(16-11)13-7-5-4-6-8-18-3/h4-8H2,1-3H3,(H,13,14,15,16). The number of aromatic nitrogens is 3. The summed E-state index contributed by atoms with van der Waals surface area (Å²) in [5.41, 5.74) is 0. The Labute approximate surface area is 118 Å². The minimum atomic E-state index is 0.221. The number of nitrogens with zero attached hydrogens (tertiary/aromatic N) is 4. The molecule has 0 amide bonds. The van der Waals surface area contributed by atoms with Gasteiger partial charge in [-0.2, -0.15) is 26.7 Å². The van der Waals surface area contributed by atoms with Crippen LogP contribution in [0.25, 0.3) is 0 Å². The van der Waals surface area contributed by atoms with Crippen LogP contribution in [0.1, 0.15) is 19.3 Å². The van der Waals surface area contributed by atoms with Crippen molar-refractivity contribution in [2.24, 2.45) is 0 Å². The number of rotatable bonds is 8. The fraction of sp³-hybridized carbons (Fsp3) is 0.727. The Morgan fingerprint density at radius 1 is 1.17 bits per heavy atom. The van der Waals surface area contributed by atoms with Crippen LogP contribution in [0.3, 0.4) is 0 Å². The highest BCUT2D eigenvalue weighted by Gasteiger charge is 2.05. The van der Waals surface area contributed by atoms with Gasteiger partial charge in [-0.1, -0.05) is 6.42 Å². The molecule has 0 bridgehead atoms. The third kappa shape index (κ3) is 5.73. The van der Waals surface area contributed by atoms with E-state index in [2.05, 4.69) is 26.5 Å². The van der Waals surface area contributed by atoms with Crippen molar-refractivity contribution >= 4 is 35.3 Å². The van der Waals surface area contributed by atoms with Crippen molar-refractivity contribution in [1.82, 2.24) is 15.0 Å². The van der Waals surface area contributed by atoms with Crippen molar-refractivity contribution in [2.45, 2.75) is 19.3 Å².